The number of carbonyl (C=O) groups excluding carboxylic acids is 2. The number of allylic oxidation sites excluding steroid dienone is 1. The summed E-state index contributed by atoms with van der Waals surface area (Å²) in [6, 6.07) is 3.84. The Hall–Kier alpha value is -4.32. The maximum Gasteiger partial charge on any atom is 0.268 e. The van der Waals surface area contributed by atoms with E-state index in [0.29, 0.717) is 5.56 Å². The van der Waals surface area contributed by atoms with Crippen molar-refractivity contribution >= 4 is 27.9 Å². The SMILES string of the molecule is C[C@@H]1Cc2c(c(O)c3c(C4=C(O)C(=O)C(=O)c5c4cc4c(c5O)[C@@H](C)O[C@H](C)[C@H]4O)cc(O[C@@H]4O[C@H](CO)[C@@H](O)[C@H](O)[C@H]4O)cc3c2O)[C@@H](C)O1. The van der Waals surface area contributed by atoms with Gasteiger partial charge in [0.05, 0.1) is 36.6 Å². The van der Waals surface area contributed by atoms with Gasteiger partial charge in [-0.2, -0.15) is 0 Å². The van der Waals surface area contributed by atoms with Crippen molar-refractivity contribution in [1.82, 2.24) is 0 Å². The summed E-state index contributed by atoms with van der Waals surface area (Å²) in [6.45, 7) is 5.90. The molecule has 15 heteroatoms. The van der Waals surface area contributed by atoms with Crippen LogP contribution in [0.4, 0.5) is 0 Å². The number of fused-ring (bicyclic) bond motifs is 4. The Kier molecular flexibility index (Phi) is 8.55. The maximum atomic E-state index is 13.4. The van der Waals surface area contributed by atoms with E-state index in [1.807, 2.05) is 0 Å². The van der Waals surface area contributed by atoms with Crippen LogP contribution in [0, 0.1) is 0 Å². The van der Waals surface area contributed by atoms with E-state index in [4.69, 9.17) is 18.9 Å². The minimum absolute atomic E-state index is 0.0614. The number of hydrogen-bond acceptors (Lipinski definition) is 15. The Balaban J connectivity index is 1.53. The quantitative estimate of drug-likeness (QED) is 0.138. The number of rotatable bonds is 4. The molecule has 3 aromatic rings. The van der Waals surface area contributed by atoms with Gasteiger partial charge >= 0.3 is 0 Å². The average molecular weight is 711 g/mol. The first kappa shape index (κ1) is 35.1. The normalized spacial score (nSPS) is 32.1. The second-order valence-electron chi connectivity index (χ2n) is 13.6. The van der Waals surface area contributed by atoms with Crippen molar-refractivity contribution in [3.63, 3.8) is 0 Å². The first-order valence-corrected chi connectivity index (χ1v) is 16.5. The summed E-state index contributed by atoms with van der Waals surface area (Å²) in [5.74, 6) is -5.29. The van der Waals surface area contributed by atoms with Crippen LogP contribution in [0.5, 0.6) is 23.0 Å². The third-order valence-electron chi connectivity index (χ3n) is 10.3. The van der Waals surface area contributed by atoms with Crippen LogP contribution in [0.25, 0.3) is 16.3 Å². The molecule has 3 aromatic carbocycles. The molecule has 0 unspecified atom stereocenters. The van der Waals surface area contributed by atoms with E-state index in [1.54, 1.807) is 27.7 Å². The minimum Gasteiger partial charge on any atom is -0.507 e. The predicted molar refractivity (Wildman–Crippen MR) is 174 cm³/mol. The van der Waals surface area contributed by atoms with Crippen molar-refractivity contribution in [2.24, 2.45) is 0 Å². The molecule has 0 radical (unpaired) electrons. The summed E-state index contributed by atoms with van der Waals surface area (Å²) < 4.78 is 23.1. The molecule has 4 aliphatic rings. The van der Waals surface area contributed by atoms with Gasteiger partial charge in [-0.25, -0.2) is 0 Å². The van der Waals surface area contributed by atoms with Gasteiger partial charge < -0.3 is 64.9 Å². The Bertz CT molecular complexity index is 2020. The Morgan fingerprint density at radius 2 is 1.45 bits per heavy atom. The van der Waals surface area contributed by atoms with Crippen molar-refractivity contribution in [1.29, 1.82) is 0 Å². The Morgan fingerprint density at radius 1 is 0.765 bits per heavy atom. The number of benzene rings is 3. The smallest absolute Gasteiger partial charge is 0.268 e. The summed E-state index contributed by atoms with van der Waals surface area (Å²) in [5.41, 5.74) is -0.446. The van der Waals surface area contributed by atoms with E-state index in [-0.39, 0.29) is 68.2 Å². The van der Waals surface area contributed by atoms with Crippen molar-refractivity contribution in [2.75, 3.05) is 6.61 Å². The third-order valence-corrected chi connectivity index (χ3v) is 10.3. The molecule has 0 spiro atoms. The number of aliphatic hydroxyl groups is 6. The van der Waals surface area contributed by atoms with Gasteiger partial charge in [-0.15, -0.1) is 0 Å². The molecule has 7 rings (SSSR count). The van der Waals surface area contributed by atoms with Crippen LogP contribution in [0.1, 0.15) is 89.7 Å². The summed E-state index contributed by atoms with van der Waals surface area (Å²) in [5, 5.41) is 98.8. The third kappa shape index (κ3) is 5.18. The van der Waals surface area contributed by atoms with E-state index >= 15 is 0 Å². The lowest BCUT2D eigenvalue weighted by Gasteiger charge is -2.39. The summed E-state index contributed by atoms with van der Waals surface area (Å²) in [6.07, 6.45) is -12.1. The predicted octanol–water partition coefficient (Wildman–Crippen LogP) is 1.75. The van der Waals surface area contributed by atoms with Crippen molar-refractivity contribution in [3.05, 3.63) is 62.9 Å². The van der Waals surface area contributed by atoms with Crippen molar-refractivity contribution in [2.45, 2.75) is 95.3 Å². The average Bonchev–Trinajstić information content (AvgIpc) is 3.08. The molecule has 0 aromatic heterocycles. The zero-order chi connectivity index (χ0) is 37.0. The lowest BCUT2D eigenvalue weighted by molar-refractivity contribution is -0.277. The largest absolute Gasteiger partial charge is 0.507 e. The van der Waals surface area contributed by atoms with Crippen LogP contribution in [-0.4, -0.2) is 107 Å². The van der Waals surface area contributed by atoms with E-state index in [9.17, 15) is 55.5 Å². The van der Waals surface area contributed by atoms with Crippen LogP contribution in [-0.2, 0) is 25.4 Å². The fraction of sp³-hybridized carbons (Fsp3) is 0.444. The number of ether oxygens (including phenoxy) is 4. The minimum atomic E-state index is -1.84. The Morgan fingerprint density at radius 3 is 2.14 bits per heavy atom. The maximum absolute atomic E-state index is 13.4. The molecule has 9 N–H and O–H groups in total. The van der Waals surface area contributed by atoms with Gasteiger partial charge in [0.1, 0.15) is 53.5 Å². The topological polar surface area (TPSA) is 253 Å². The second-order valence-corrected chi connectivity index (χ2v) is 13.6. The van der Waals surface area contributed by atoms with Gasteiger partial charge in [0, 0.05) is 50.6 Å². The van der Waals surface area contributed by atoms with Crippen LogP contribution < -0.4 is 4.74 Å². The fourth-order valence-electron chi connectivity index (χ4n) is 7.84. The number of ketones is 2. The highest BCUT2D eigenvalue weighted by Gasteiger charge is 2.46. The number of phenols is 3. The van der Waals surface area contributed by atoms with Gasteiger partial charge in [0.25, 0.3) is 5.78 Å². The molecule has 1 fully saturated rings. The molecule has 1 aliphatic carbocycles. The molecule has 51 heavy (non-hydrogen) atoms. The zero-order valence-corrected chi connectivity index (χ0v) is 27.9. The van der Waals surface area contributed by atoms with E-state index in [0.717, 1.165) is 0 Å². The molecule has 0 amide bonds. The van der Waals surface area contributed by atoms with Gasteiger partial charge in [-0.3, -0.25) is 9.59 Å². The molecule has 3 aliphatic heterocycles. The van der Waals surface area contributed by atoms with Gasteiger partial charge in [-0.1, -0.05) is 0 Å². The fourth-order valence-corrected chi connectivity index (χ4v) is 7.84. The zero-order valence-electron chi connectivity index (χ0n) is 27.9. The summed E-state index contributed by atoms with van der Waals surface area (Å²) in [4.78, 5) is 26.9. The highest BCUT2D eigenvalue weighted by atomic mass is 16.7. The van der Waals surface area contributed by atoms with Crippen molar-refractivity contribution in [3.8, 4) is 23.0 Å². The monoisotopic (exact) mass is 710 g/mol. The molecule has 0 saturated carbocycles. The van der Waals surface area contributed by atoms with E-state index < -0.39 is 96.1 Å². The summed E-state index contributed by atoms with van der Waals surface area (Å²) >= 11 is 0. The Labute approximate surface area is 290 Å². The van der Waals surface area contributed by atoms with Crippen LogP contribution in [0.2, 0.25) is 0 Å². The second kappa shape index (κ2) is 12.4. The molecular weight excluding hydrogens is 672 g/mol. The van der Waals surface area contributed by atoms with Gasteiger partial charge in [0.2, 0.25) is 12.1 Å². The number of phenolic OH excluding ortho intramolecular Hbond substituents is 3. The lowest BCUT2D eigenvalue weighted by Crippen LogP contribution is -2.60. The summed E-state index contributed by atoms with van der Waals surface area (Å²) in [7, 11) is 0. The number of aromatic hydroxyl groups is 3. The van der Waals surface area contributed by atoms with Crippen molar-refractivity contribution < 1.29 is 74.5 Å². The first-order valence-electron chi connectivity index (χ1n) is 16.5. The van der Waals surface area contributed by atoms with Gasteiger partial charge in [-0.05, 0) is 51.5 Å². The molecule has 0 bridgehead atoms. The lowest BCUT2D eigenvalue weighted by atomic mass is 9.77. The number of aliphatic hydroxyl groups excluding tert-OH is 6. The van der Waals surface area contributed by atoms with Crippen LogP contribution in [0.15, 0.2) is 24.0 Å². The van der Waals surface area contributed by atoms with E-state index in [1.165, 1.54) is 18.2 Å². The molecule has 3 heterocycles. The highest BCUT2D eigenvalue weighted by molar-refractivity contribution is 6.53. The number of hydrogen-bond donors (Lipinski definition) is 9. The van der Waals surface area contributed by atoms with Crippen LogP contribution >= 0.6 is 0 Å². The molecule has 15 nitrogen and oxygen atoms in total. The van der Waals surface area contributed by atoms with E-state index in [2.05, 4.69) is 0 Å². The molecule has 10 atom stereocenters. The first-order chi connectivity index (χ1) is 24.1. The van der Waals surface area contributed by atoms with Crippen LogP contribution in [0.3, 0.4) is 0 Å². The standard InChI is InChI=1S/C36H38O15/c1-10-5-17-21(11(2)48-10)29(41)24-15(6-14(7-18(24)27(17)39)50-36-35(47)33(45)28(40)20(9-37)51-36)23-16-8-19-22(12(3)49-13(4)26(19)38)30(42)25(16)32(44)34(46)31(23)43/h6-8,10-13,20,26,28,33,35-43,45,47H,5,9H2,1-4H3/t10-,11-,12-,13-,20-,26-,28-,33+,35-,36-/m1/s1. The molecular formula is C36H38O15. The number of Topliss-reactive ketones (excluding diaryl/α,β-unsaturated/α-hetero) is 2. The van der Waals surface area contributed by atoms with Gasteiger partial charge in [0.15, 0.2) is 5.76 Å². The highest BCUT2D eigenvalue weighted by Crippen LogP contribution is 2.53. The molecule has 272 valence electrons. The molecule has 1 saturated heterocycles. The number of carbonyl (C=O) groups is 2.